The van der Waals surface area contributed by atoms with Crippen LogP contribution < -0.4 is 4.74 Å². The van der Waals surface area contributed by atoms with Crippen LogP contribution in [-0.4, -0.2) is 27.2 Å². The summed E-state index contributed by atoms with van der Waals surface area (Å²) in [6, 6.07) is 10.7. The Morgan fingerprint density at radius 3 is 2.79 bits per heavy atom. The monoisotopic (exact) mass is 344 g/mol. The second-order valence-electron chi connectivity index (χ2n) is 5.41. The molecule has 0 saturated carbocycles. The van der Waals surface area contributed by atoms with Gasteiger partial charge < -0.3 is 14.4 Å². The van der Waals surface area contributed by atoms with Crippen molar-refractivity contribution in [3.05, 3.63) is 58.4 Å². The molecular weight excluding hydrogens is 328 g/mol. The van der Waals surface area contributed by atoms with Crippen LogP contribution >= 0.6 is 11.6 Å². The van der Waals surface area contributed by atoms with Crippen LogP contribution in [0.2, 0.25) is 5.02 Å². The molecule has 0 atom stereocenters. The Labute approximate surface area is 144 Å². The maximum Gasteiger partial charge on any atom is 0.337 e. The standard InChI is InChI=1S/C18H17ClN2O3/c1-3-24-13-8-7-12(15(19)9-13)10-21-11(2)20-17-14(18(22)23)5-4-6-16(17)21/h4-9H,3,10H2,1-2H3,(H,22,23). The van der Waals surface area contributed by atoms with Gasteiger partial charge in [0.25, 0.3) is 0 Å². The van der Waals surface area contributed by atoms with Crippen molar-refractivity contribution in [1.82, 2.24) is 9.55 Å². The number of aromatic carboxylic acids is 1. The van der Waals surface area contributed by atoms with Crippen LogP contribution in [0.5, 0.6) is 5.75 Å². The second-order valence-corrected chi connectivity index (χ2v) is 5.82. The van der Waals surface area contributed by atoms with Crippen molar-refractivity contribution in [3.63, 3.8) is 0 Å². The number of carbonyl (C=O) groups is 1. The summed E-state index contributed by atoms with van der Waals surface area (Å²) in [4.78, 5) is 15.8. The van der Waals surface area contributed by atoms with Crippen molar-refractivity contribution < 1.29 is 14.6 Å². The molecule has 1 N–H and O–H groups in total. The third kappa shape index (κ3) is 2.95. The molecule has 24 heavy (non-hydrogen) atoms. The van der Waals surface area contributed by atoms with E-state index in [1.807, 2.05) is 36.6 Å². The quantitative estimate of drug-likeness (QED) is 0.755. The normalized spacial score (nSPS) is 11.0. The molecule has 0 bridgehead atoms. The van der Waals surface area contributed by atoms with Crippen molar-refractivity contribution in [1.29, 1.82) is 0 Å². The zero-order valence-electron chi connectivity index (χ0n) is 13.4. The van der Waals surface area contributed by atoms with E-state index in [1.54, 1.807) is 18.2 Å². The summed E-state index contributed by atoms with van der Waals surface area (Å²) in [5.74, 6) is 0.486. The van der Waals surface area contributed by atoms with Gasteiger partial charge in [-0.15, -0.1) is 0 Å². The summed E-state index contributed by atoms with van der Waals surface area (Å²) >= 11 is 6.36. The Morgan fingerprint density at radius 1 is 1.33 bits per heavy atom. The van der Waals surface area contributed by atoms with E-state index in [2.05, 4.69) is 4.98 Å². The lowest BCUT2D eigenvalue weighted by molar-refractivity contribution is 0.0699. The number of carboxylic acids is 1. The molecule has 124 valence electrons. The molecule has 1 aromatic heterocycles. The van der Waals surface area contributed by atoms with Gasteiger partial charge in [-0.1, -0.05) is 23.7 Å². The average molecular weight is 345 g/mol. The Hall–Kier alpha value is -2.53. The molecule has 0 spiro atoms. The Morgan fingerprint density at radius 2 is 2.12 bits per heavy atom. The van der Waals surface area contributed by atoms with Gasteiger partial charge in [0.1, 0.15) is 17.1 Å². The molecule has 0 amide bonds. The van der Waals surface area contributed by atoms with Gasteiger partial charge in [0, 0.05) is 5.02 Å². The number of nitrogens with zero attached hydrogens (tertiary/aromatic N) is 2. The predicted octanol–water partition coefficient (Wildman–Crippen LogP) is 4.14. The first kappa shape index (κ1) is 16.3. The molecule has 5 nitrogen and oxygen atoms in total. The largest absolute Gasteiger partial charge is 0.494 e. The number of rotatable bonds is 5. The Bertz CT molecular complexity index is 918. The van der Waals surface area contributed by atoms with Gasteiger partial charge in [-0.25, -0.2) is 9.78 Å². The number of halogens is 1. The molecule has 0 saturated heterocycles. The maximum atomic E-state index is 11.4. The summed E-state index contributed by atoms with van der Waals surface area (Å²) in [7, 11) is 0. The fraction of sp³-hybridized carbons (Fsp3) is 0.222. The number of hydrogen-bond donors (Lipinski definition) is 1. The first-order chi connectivity index (χ1) is 11.5. The number of hydrogen-bond acceptors (Lipinski definition) is 3. The number of ether oxygens (including phenoxy) is 1. The van der Waals surface area contributed by atoms with Crippen LogP contribution in [0.1, 0.15) is 28.7 Å². The molecule has 0 radical (unpaired) electrons. The Kier molecular flexibility index (Phi) is 4.44. The van der Waals surface area contributed by atoms with Crippen LogP contribution in [0, 0.1) is 6.92 Å². The second kappa shape index (κ2) is 6.53. The smallest absolute Gasteiger partial charge is 0.337 e. The minimum Gasteiger partial charge on any atom is -0.494 e. The van der Waals surface area contributed by atoms with E-state index in [9.17, 15) is 9.90 Å². The molecule has 0 aliphatic heterocycles. The highest BCUT2D eigenvalue weighted by atomic mass is 35.5. The molecule has 1 heterocycles. The molecule has 0 aliphatic carbocycles. The molecule has 2 aromatic carbocycles. The molecular formula is C18H17ClN2O3. The number of carboxylic acid groups (broad SMARTS) is 1. The van der Waals surface area contributed by atoms with Crippen LogP contribution in [0.25, 0.3) is 11.0 Å². The molecule has 3 rings (SSSR count). The zero-order chi connectivity index (χ0) is 17.3. The van der Waals surface area contributed by atoms with E-state index in [4.69, 9.17) is 16.3 Å². The number of aryl methyl sites for hydroxylation is 1. The van der Waals surface area contributed by atoms with E-state index in [1.165, 1.54) is 0 Å². The topological polar surface area (TPSA) is 64.4 Å². The maximum absolute atomic E-state index is 11.4. The van der Waals surface area contributed by atoms with Gasteiger partial charge in [-0.2, -0.15) is 0 Å². The van der Waals surface area contributed by atoms with Crippen LogP contribution in [0.15, 0.2) is 36.4 Å². The lowest BCUT2D eigenvalue weighted by Gasteiger charge is -2.11. The van der Waals surface area contributed by atoms with Gasteiger partial charge in [-0.05, 0) is 43.7 Å². The summed E-state index contributed by atoms with van der Waals surface area (Å²) < 4.78 is 7.41. The van der Waals surface area contributed by atoms with Crippen LogP contribution in [0.4, 0.5) is 0 Å². The van der Waals surface area contributed by atoms with Gasteiger partial charge in [0.2, 0.25) is 0 Å². The van der Waals surface area contributed by atoms with Gasteiger partial charge in [0.15, 0.2) is 0 Å². The number of aromatic nitrogens is 2. The van der Waals surface area contributed by atoms with Crippen molar-refractivity contribution >= 4 is 28.6 Å². The summed E-state index contributed by atoms with van der Waals surface area (Å²) in [6.07, 6.45) is 0. The lowest BCUT2D eigenvalue weighted by atomic mass is 10.1. The van der Waals surface area contributed by atoms with E-state index < -0.39 is 5.97 Å². The van der Waals surface area contributed by atoms with Gasteiger partial charge in [-0.3, -0.25) is 0 Å². The number of fused-ring (bicyclic) bond motifs is 1. The van der Waals surface area contributed by atoms with E-state index >= 15 is 0 Å². The minimum atomic E-state index is -0.982. The molecule has 0 fully saturated rings. The zero-order valence-corrected chi connectivity index (χ0v) is 14.2. The predicted molar refractivity (Wildman–Crippen MR) is 93.2 cm³/mol. The number of benzene rings is 2. The molecule has 3 aromatic rings. The van der Waals surface area contributed by atoms with Crippen molar-refractivity contribution in [2.45, 2.75) is 20.4 Å². The third-order valence-electron chi connectivity index (χ3n) is 3.86. The van der Waals surface area contributed by atoms with Gasteiger partial charge >= 0.3 is 5.97 Å². The van der Waals surface area contributed by atoms with E-state index in [0.29, 0.717) is 23.7 Å². The first-order valence-corrected chi connectivity index (χ1v) is 7.99. The highest BCUT2D eigenvalue weighted by molar-refractivity contribution is 6.31. The summed E-state index contributed by atoms with van der Waals surface area (Å²) in [5, 5.41) is 9.92. The fourth-order valence-electron chi connectivity index (χ4n) is 2.72. The fourth-order valence-corrected chi connectivity index (χ4v) is 2.95. The molecule has 0 unspecified atom stereocenters. The van der Waals surface area contributed by atoms with Crippen molar-refractivity contribution in [2.75, 3.05) is 6.61 Å². The van der Waals surface area contributed by atoms with E-state index in [-0.39, 0.29) is 5.56 Å². The summed E-state index contributed by atoms with van der Waals surface area (Å²) in [5.41, 5.74) is 2.39. The third-order valence-corrected chi connectivity index (χ3v) is 4.22. The van der Waals surface area contributed by atoms with Crippen LogP contribution in [-0.2, 0) is 6.54 Å². The first-order valence-electron chi connectivity index (χ1n) is 7.61. The highest BCUT2D eigenvalue weighted by Crippen LogP contribution is 2.26. The Balaban J connectivity index is 2.03. The molecule has 6 heteroatoms. The van der Waals surface area contributed by atoms with Crippen molar-refractivity contribution in [3.8, 4) is 5.75 Å². The number of imidazole rings is 1. The van der Waals surface area contributed by atoms with Crippen LogP contribution in [0.3, 0.4) is 0 Å². The number of para-hydroxylation sites is 1. The van der Waals surface area contributed by atoms with E-state index in [0.717, 1.165) is 22.7 Å². The SMILES string of the molecule is CCOc1ccc(Cn2c(C)nc3c(C(=O)O)cccc32)c(Cl)c1. The van der Waals surface area contributed by atoms with Crippen molar-refractivity contribution in [2.24, 2.45) is 0 Å². The average Bonchev–Trinajstić information content (AvgIpc) is 2.85. The summed E-state index contributed by atoms with van der Waals surface area (Å²) in [6.45, 7) is 4.87. The minimum absolute atomic E-state index is 0.201. The molecule has 0 aliphatic rings. The highest BCUT2D eigenvalue weighted by Gasteiger charge is 2.16. The van der Waals surface area contributed by atoms with Gasteiger partial charge in [0.05, 0.1) is 24.2 Å². The lowest BCUT2D eigenvalue weighted by Crippen LogP contribution is -2.03.